The highest BCUT2D eigenvalue weighted by molar-refractivity contribution is 5.66. The summed E-state index contributed by atoms with van der Waals surface area (Å²) in [6.45, 7) is 5.40. The van der Waals surface area contributed by atoms with E-state index in [0.717, 1.165) is 12.8 Å². The van der Waals surface area contributed by atoms with E-state index in [2.05, 4.69) is 16.0 Å². The number of nitrogens with zero attached hydrogens (tertiary/aromatic N) is 3. The van der Waals surface area contributed by atoms with Crippen LogP contribution in [0.25, 0.3) is 11.1 Å². The molecule has 1 aliphatic rings. The van der Waals surface area contributed by atoms with Gasteiger partial charge in [0, 0.05) is 29.1 Å². The molecule has 1 N–H and O–H groups in total. The first-order valence-electron chi connectivity index (χ1n) is 10.1. The van der Waals surface area contributed by atoms with E-state index in [-0.39, 0.29) is 11.1 Å². The third-order valence-electron chi connectivity index (χ3n) is 6.22. The number of aliphatic hydroxyl groups is 1. The predicted molar refractivity (Wildman–Crippen MR) is 113 cm³/mol. The highest BCUT2D eigenvalue weighted by Gasteiger charge is 2.46. The summed E-state index contributed by atoms with van der Waals surface area (Å²) in [7, 11) is 0. The molecule has 0 amide bonds. The molecule has 0 saturated heterocycles. The van der Waals surface area contributed by atoms with Gasteiger partial charge in [0.1, 0.15) is 23.6 Å². The Labute approximate surface area is 180 Å². The Morgan fingerprint density at radius 3 is 2.19 bits per heavy atom. The fraction of sp³-hybridized carbons (Fsp3) is 0.320. The lowest BCUT2D eigenvalue weighted by Crippen LogP contribution is -2.42. The van der Waals surface area contributed by atoms with Crippen molar-refractivity contribution in [1.82, 2.24) is 9.97 Å². The summed E-state index contributed by atoms with van der Waals surface area (Å²) in [5, 5.41) is 21.0. The molecule has 1 heterocycles. The van der Waals surface area contributed by atoms with Crippen molar-refractivity contribution in [3.05, 3.63) is 83.4 Å². The van der Waals surface area contributed by atoms with Crippen molar-refractivity contribution in [3.63, 3.8) is 0 Å². The largest absolute Gasteiger partial charge is 0.380 e. The van der Waals surface area contributed by atoms with Crippen LogP contribution in [0.15, 0.2) is 55.1 Å². The molecular formula is C25H23F2N3O. The monoisotopic (exact) mass is 419 g/mol. The third kappa shape index (κ3) is 3.39. The Morgan fingerprint density at radius 1 is 1.00 bits per heavy atom. The van der Waals surface area contributed by atoms with Crippen molar-refractivity contribution in [2.75, 3.05) is 0 Å². The van der Waals surface area contributed by atoms with Crippen molar-refractivity contribution in [3.8, 4) is 17.2 Å². The molecule has 0 spiro atoms. The Bertz CT molecular complexity index is 1180. The van der Waals surface area contributed by atoms with Gasteiger partial charge >= 0.3 is 0 Å². The molecule has 3 aromatic rings. The zero-order chi connectivity index (χ0) is 22.4. The summed E-state index contributed by atoms with van der Waals surface area (Å²) in [6.07, 6.45) is 5.72. The molecule has 1 unspecified atom stereocenters. The molecule has 158 valence electrons. The van der Waals surface area contributed by atoms with Gasteiger partial charge in [-0.25, -0.2) is 18.7 Å². The van der Waals surface area contributed by atoms with Crippen LogP contribution in [-0.2, 0) is 11.0 Å². The summed E-state index contributed by atoms with van der Waals surface area (Å²) in [5.41, 5.74) is -1.37. The molecule has 0 bridgehead atoms. The van der Waals surface area contributed by atoms with Crippen LogP contribution in [0.2, 0.25) is 0 Å². The summed E-state index contributed by atoms with van der Waals surface area (Å²) in [5.74, 6) is -1.16. The molecule has 2 aromatic carbocycles. The van der Waals surface area contributed by atoms with Crippen molar-refractivity contribution < 1.29 is 13.9 Å². The van der Waals surface area contributed by atoms with E-state index >= 15 is 4.39 Å². The maximum atomic E-state index is 15.3. The molecule has 1 atom stereocenters. The Kier molecular flexibility index (Phi) is 4.90. The van der Waals surface area contributed by atoms with Crippen LogP contribution < -0.4 is 0 Å². The van der Waals surface area contributed by atoms with Gasteiger partial charge < -0.3 is 5.11 Å². The zero-order valence-corrected chi connectivity index (χ0v) is 17.7. The van der Waals surface area contributed by atoms with Gasteiger partial charge in [-0.3, -0.25) is 0 Å². The number of hydrogen-bond donors (Lipinski definition) is 1. The van der Waals surface area contributed by atoms with Gasteiger partial charge in [0.05, 0.1) is 11.5 Å². The average Bonchev–Trinajstić information content (AvgIpc) is 3.54. The Hall–Kier alpha value is -3.17. The minimum atomic E-state index is -1.69. The third-order valence-corrected chi connectivity index (χ3v) is 6.22. The molecule has 1 aromatic heterocycles. The van der Waals surface area contributed by atoms with Crippen molar-refractivity contribution in [2.45, 2.75) is 44.6 Å². The number of nitriles is 1. The number of halogens is 2. The molecule has 31 heavy (non-hydrogen) atoms. The maximum Gasteiger partial charge on any atom is 0.131 e. The van der Waals surface area contributed by atoms with Crippen molar-refractivity contribution in [1.29, 1.82) is 5.26 Å². The second-order valence-corrected chi connectivity index (χ2v) is 9.17. The molecule has 1 saturated carbocycles. The summed E-state index contributed by atoms with van der Waals surface area (Å²) < 4.78 is 30.2. The van der Waals surface area contributed by atoms with Gasteiger partial charge in [0.15, 0.2) is 0 Å². The molecule has 0 aliphatic heterocycles. The standard InChI is InChI=1S/C25H23F2N3O/c1-23(2,3)25(31,18-12-29-15-30-13-18)20-7-4-16(10-22(20)27)19-6-5-17(11-21(19)26)24(14-28)8-9-24/h4-7,10-13,15,31H,8-9H2,1-3H3. The highest BCUT2D eigenvalue weighted by Crippen LogP contribution is 2.48. The summed E-state index contributed by atoms with van der Waals surface area (Å²) in [6, 6.07) is 11.2. The number of aromatic nitrogens is 2. The fourth-order valence-corrected chi connectivity index (χ4v) is 4.09. The minimum Gasteiger partial charge on any atom is -0.380 e. The molecule has 4 rings (SSSR count). The van der Waals surface area contributed by atoms with E-state index < -0.39 is 28.1 Å². The van der Waals surface area contributed by atoms with Crippen LogP contribution in [0.5, 0.6) is 0 Å². The predicted octanol–water partition coefficient (Wildman–Crippen LogP) is 5.26. The second kappa shape index (κ2) is 7.21. The van der Waals surface area contributed by atoms with E-state index in [9.17, 15) is 14.8 Å². The lowest BCUT2D eigenvalue weighted by molar-refractivity contribution is -0.0292. The maximum absolute atomic E-state index is 15.3. The Balaban J connectivity index is 1.77. The fourth-order valence-electron chi connectivity index (χ4n) is 4.09. The van der Waals surface area contributed by atoms with Crippen LogP contribution in [0.1, 0.15) is 50.3 Å². The van der Waals surface area contributed by atoms with Gasteiger partial charge in [-0.15, -0.1) is 0 Å². The SMILES string of the molecule is CC(C)(C)C(O)(c1cncnc1)c1ccc(-c2ccc(C3(C#N)CC3)cc2F)cc1F. The molecule has 6 heteroatoms. The molecule has 4 nitrogen and oxygen atoms in total. The van der Waals surface area contributed by atoms with Crippen molar-refractivity contribution in [2.24, 2.45) is 5.41 Å². The number of benzene rings is 2. The molecular weight excluding hydrogens is 396 g/mol. The van der Waals surface area contributed by atoms with Gasteiger partial charge in [-0.2, -0.15) is 5.26 Å². The van der Waals surface area contributed by atoms with Gasteiger partial charge in [0.2, 0.25) is 0 Å². The zero-order valence-electron chi connectivity index (χ0n) is 17.7. The molecule has 0 radical (unpaired) electrons. The number of hydrogen-bond acceptors (Lipinski definition) is 4. The summed E-state index contributed by atoms with van der Waals surface area (Å²) >= 11 is 0. The van der Waals surface area contributed by atoms with E-state index in [1.165, 1.54) is 36.9 Å². The van der Waals surface area contributed by atoms with Crippen LogP contribution in [0.4, 0.5) is 8.78 Å². The second-order valence-electron chi connectivity index (χ2n) is 9.17. The smallest absolute Gasteiger partial charge is 0.131 e. The quantitative estimate of drug-likeness (QED) is 0.626. The van der Waals surface area contributed by atoms with Gasteiger partial charge in [0.25, 0.3) is 0 Å². The van der Waals surface area contributed by atoms with E-state index in [0.29, 0.717) is 16.7 Å². The minimum absolute atomic E-state index is 0.0667. The first-order chi connectivity index (χ1) is 14.6. The average molecular weight is 419 g/mol. The van der Waals surface area contributed by atoms with Crippen molar-refractivity contribution >= 4 is 0 Å². The lowest BCUT2D eigenvalue weighted by atomic mass is 9.68. The van der Waals surface area contributed by atoms with Crippen LogP contribution in [0.3, 0.4) is 0 Å². The first kappa shape index (κ1) is 21.1. The van der Waals surface area contributed by atoms with E-state index in [1.807, 2.05) is 0 Å². The molecule has 1 aliphatic carbocycles. The molecule has 1 fully saturated rings. The van der Waals surface area contributed by atoms with Gasteiger partial charge in [-0.05, 0) is 41.5 Å². The van der Waals surface area contributed by atoms with Crippen LogP contribution in [0, 0.1) is 28.4 Å². The summed E-state index contributed by atoms with van der Waals surface area (Å²) in [4.78, 5) is 7.94. The van der Waals surface area contributed by atoms with Crippen LogP contribution in [-0.4, -0.2) is 15.1 Å². The van der Waals surface area contributed by atoms with E-state index in [4.69, 9.17) is 0 Å². The van der Waals surface area contributed by atoms with E-state index in [1.54, 1.807) is 39.0 Å². The van der Waals surface area contributed by atoms with Gasteiger partial charge in [-0.1, -0.05) is 45.0 Å². The Morgan fingerprint density at radius 2 is 1.68 bits per heavy atom. The highest BCUT2D eigenvalue weighted by atomic mass is 19.1. The first-order valence-corrected chi connectivity index (χ1v) is 10.1. The lowest BCUT2D eigenvalue weighted by Gasteiger charge is -2.41. The van der Waals surface area contributed by atoms with Crippen LogP contribution >= 0.6 is 0 Å². The number of rotatable bonds is 4. The normalized spacial score (nSPS) is 16.9. The topological polar surface area (TPSA) is 69.8 Å².